The molecule has 2 aromatic carbocycles. The number of hydrogen-bond donors (Lipinski definition) is 1. The fourth-order valence-corrected chi connectivity index (χ4v) is 3.16. The van der Waals surface area contributed by atoms with E-state index in [0.29, 0.717) is 28.8 Å². The number of carbonyl (C=O) groups is 2. The van der Waals surface area contributed by atoms with Crippen molar-refractivity contribution in [1.82, 2.24) is 10.4 Å². The number of halogens is 1. The van der Waals surface area contributed by atoms with Gasteiger partial charge in [0.1, 0.15) is 0 Å². The zero-order chi connectivity index (χ0) is 19.7. The monoisotopic (exact) mass is 403 g/mol. The number of rotatable bonds is 5. The summed E-state index contributed by atoms with van der Waals surface area (Å²) in [5, 5.41) is 4.51. The number of urea groups is 1. The van der Waals surface area contributed by atoms with Crippen LogP contribution < -0.4 is 19.7 Å². The molecule has 0 aromatic heterocycles. The van der Waals surface area contributed by atoms with Gasteiger partial charge in [-0.05, 0) is 42.0 Å². The highest BCUT2D eigenvalue weighted by Crippen LogP contribution is 2.32. The van der Waals surface area contributed by atoms with Crippen LogP contribution in [0.4, 0.5) is 10.5 Å². The molecule has 0 bridgehead atoms. The molecule has 2 aromatic rings. The van der Waals surface area contributed by atoms with Gasteiger partial charge in [0.05, 0.1) is 6.42 Å². The van der Waals surface area contributed by atoms with Crippen LogP contribution in [0.3, 0.4) is 0 Å². The summed E-state index contributed by atoms with van der Waals surface area (Å²) in [5.41, 5.74) is 1.49. The predicted molar refractivity (Wildman–Crippen MR) is 101 cm³/mol. The molecular weight excluding hydrogens is 386 g/mol. The van der Waals surface area contributed by atoms with Gasteiger partial charge < -0.3 is 14.8 Å². The quantitative estimate of drug-likeness (QED) is 0.830. The lowest BCUT2D eigenvalue weighted by Crippen LogP contribution is -2.38. The number of hydroxylamine groups is 2. The molecule has 0 unspecified atom stereocenters. The second-order valence-electron chi connectivity index (χ2n) is 6.35. The first-order valence-electron chi connectivity index (χ1n) is 8.66. The summed E-state index contributed by atoms with van der Waals surface area (Å²) in [6, 6.07) is 11.9. The lowest BCUT2D eigenvalue weighted by Gasteiger charge is -2.20. The van der Waals surface area contributed by atoms with Crippen molar-refractivity contribution in [2.24, 2.45) is 0 Å². The molecule has 0 spiro atoms. The van der Waals surface area contributed by atoms with Crippen molar-refractivity contribution in [1.29, 1.82) is 0 Å². The zero-order valence-corrected chi connectivity index (χ0v) is 15.8. The van der Waals surface area contributed by atoms with Crippen LogP contribution in [-0.4, -0.2) is 37.1 Å². The van der Waals surface area contributed by atoms with Crippen LogP contribution in [0.15, 0.2) is 42.5 Å². The van der Waals surface area contributed by atoms with Gasteiger partial charge in [-0.25, -0.2) is 14.7 Å². The van der Waals surface area contributed by atoms with E-state index in [1.54, 1.807) is 30.3 Å². The standard InChI is InChI=1S/C19H18ClN3O5/c1-22-19(25)23(14-5-3-13(20)4-6-14)18(28-22)9-17(24)21-10-12-2-7-15-16(8-12)27-11-26-15/h2-8,18H,9-11H2,1H3,(H,21,24)/t18-/m1/s1. The Kier molecular flexibility index (Phi) is 4.97. The molecule has 2 heterocycles. The third-order valence-electron chi connectivity index (χ3n) is 4.43. The summed E-state index contributed by atoms with van der Waals surface area (Å²) in [5.74, 6) is 1.10. The predicted octanol–water partition coefficient (Wildman–Crippen LogP) is 2.90. The Bertz CT molecular complexity index is 905. The van der Waals surface area contributed by atoms with E-state index >= 15 is 0 Å². The number of hydrogen-bond acceptors (Lipinski definition) is 5. The molecule has 28 heavy (non-hydrogen) atoms. The van der Waals surface area contributed by atoms with E-state index in [0.717, 1.165) is 10.6 Å². The van der Waals surface area contributed by atoms with E-state index in [4.69, 9.17) is 25.9 Å². The Labute approximate surface area is 166 Å². The highest BCUT2D eigenvalue weighted by Gasteiger charge is 2.39. The highest BCUT2D eigenvalue weighted by atomic mass is 35.5. The van der Waals surface area contributed by atoms with Crippen LogP contribution in [0, 0.1) is 0 Å². The maximum absolute atomic E-state index is 12.4. The maximum Gasteiger partial charge on any atom is 0.350 e. The number of carbonyl (C=O) groups excluding carboxylic acids is 2. The minimum atomic E-state index is -0.740. The summed E-state index contributed by atoms with van der Waals surface area (Å²) < 4.78 is 10.6. The third-order valence-corrected chi connectivity index (χ3v) is 4.69. The van der Waals surface area contributed by atoms with E-state index in [-0.39, 0.29) is 25.2 Å². The first-order valence-corrected chi connectivity index (χ1v) is 9.03. The third kappa shape index (κ3) is 3.69. The first-order chi connectivity index (χ1) is 13.5. The second-order valence-corrected chi connectivity index (χ2v) is 6.79. The summed E-state index contributed by atoms with van der Waals surface area (Å²) >= 11 is 5.91. The molecule has 1 N–H and O–H groups in total. The molecule has 1 atom stereocenters. The SMILES string of the molecule is CN1O[C@H](CC(=O)NCc2ccc3c(c2)OCO3)N(c2ccc(Cl)cc2)C1=O. The van der Waals surface area contributed by atoms with Gasteiger partial charge in [-0.2, -0.15) is 0 Å². The lowest BCUT2D eigenvalue weighted by molar-refractivity contribution is -0.133. The Morgan fingerprint density at radius 2 is 1.93 bits per heavy atom. The van der Waals surface area contributed by atoms with Crippen molar-refractivity contribution in [2.45, 2.75) is 19.2 Å². The number of fused-ring (bicyclic) bond motifs is 1. The van der Waals surface area contributed by atoms with Crippen LogP contribution in [0.1, 0.15) is 12.0 Å². The molecule has 8 nitrogen and oxygen atoms in total. The van der Waals surface area contributed by atoms with Crippen molar-refractivity contribution in [3.05, 3.63) is 53.1 Å². The Morgan fingerprint density at radius 1 is 1.18 bits per heavy atom. The number of ether oxygens (including phenoxy) is 2. The summed E-state index contributed by atoms with van der Waals surface area (Å²) in [6.45, 7) is 0.527. The van der Waals surface area contributed by atoms with Crippen molar-refractivity contribution in [3.8, 4) is 11.5 Å². The fraction of sp³-hybridized carbons (Fsp3) is 0.263. The van der Waals surface area contributed by atoms with Gasteiger partial charge in [-0.3, -0.25) is 9.69 Å². The van der Waals surface area contributed by atoms with Gasteiger partial charge in [0.25, 0.3) is 0 Å². The Hall–Kier alpha value is -2.97. The summed E-state index contributed by atoms with van der Waals surface area (Å²) in [4.78, 5) is 31.8. The number of amides is 3. The fourth-order valence-electron chi connectivity index (χ4n) is 3.04. The Morgan fingerprint density at radius 3 is 2.71 bits per heavy atom. The smallest absolute Gasteiger partial charge is 0.350 e. The molecular formula is C19H18ClN3O5. The van der Waals surface area contributed by atoms with Crippen LogP contribution in [0.5, 0.6) is 11.5 Å². The van der Waals surface area contributed by atoms with Crippen molar-refractivity contribution < 1.29 is 23.9 Å². The minimum absolute atomic E-state index is 0.0107. The summed E-state index contributed by atoms with van der Waals surface area (Å²) in [6.07, 6.45) is -0.751. The average Bonchev–Trinajstić information content (AvgIpc) is 3.25. The van der Waals surface area contributed by atoms with Crippen LogP contribution in [-0.2, 0) is 16.2 Å². The molecule has 0 saturated carbocycles. The van der Waals surface area contributed by atoms with Gasteiger partial charge in [0.2, 0.25) is 12.7 Å². The van der Waals surface area contributed by atoms with Gasteiger partial charge >= 0.3 is 6.03 Å². The molecule has 9 heteroatoms. The highest BCUT2D eigenvalue weighted by molar-refractivity contribution is 6.30. The number of anilines is 1. The van der Waals surface area contributed by atoms with Gasteiger partial charge in [0, 0.05) is 24.3 Å². The number of benzene rings is 2. The molecule has 0 radical (unpaired) electrons. The molecule has 1 fully saturated rings. The molecule has 0 aliphatic carbocycles. The van der Waals surface area contributed by atoms with Gasteiger partial charge in [-0.1, -0.05) is 17.7 Å². The van der Waals surface area contributed by atoms with E-state index < -0.39 is 6.23 Å². The van der Waals surface area contributed by atoms with E-state index in [1.165, 1.54) is 11.9 Å². The lowest BCUT2D eigenvalue weighted by atomic mass is 10.2. The molecule has 2 aliphatic rings. The van der Waals surface area contributed by atoms with E-state index in [2.05, 4.69) is 5.32 Å². The van der Waals surface area contributed by atoms with Crippen molar-refractivity contribution >= 4 is 29.2 Å². The molecule has 2 aliphatic heterocycles. The van der Waals surface area contributed by atoms with Gasteiger partial charge in [0.15, 0.2) is 17.7 Å². The van der Waals surface area contributed by atoms with Crippen molar-refractivity contribution in [2.75, 3.05) is 18.7 Å². The second kappa shape index (κ2) is 7.57. The topological polar surface area (TPSA) is 80.3 Å². The van der Waals surface area contributed by atoms with Gasteiger partial charge in [-0.15, -0.1) is 0 Å². The molecule has 3 amide bonds. The largest absolute Gasteiger partial charge is 0.454 e. The summed E-state index contributed by atoms with van der Waals surface area (Å²) in [7, 11) is 1.51. The Balaban J connectivity index is 1.39. The number of nitrogens with one attached hydrogen (secondary N) is 1. The molecule has 4 rings (SSSR count). The minimum Gasteiger partial charge on any atom is -0.454 e. The zero-order valence-electron chi connectivity index (χ0n) is 15.1. The average molecular weight is 404 g/mol. The molecule has 146 valence electrons. The first kappa shape index (κ1) is 18.4. The van der Waals surface area contributed by atoms with E-state index in [9.17, 15) is 9.59 Å². The van der Waals surface area contributed by atoms with Crippen LogP contribution in [0.2, 0.25) is 5.02 Å². The number of nitrogens with zero attached hydrogens (tertiary/aromatic N) is 2. The molecule has 1 saturated heterocycles. The maximum atomic E-state index is 12.4. The van der Waals surface area contributed by atoms with E-state index in [1.807, 2.05) is 12.1 Å². The van der Waals surface area contributed by atoms with Crippen LogP contribution in [0.25, 0.3) is 0 Å². The van der Waals surface area contributed by atoms with Crippen molar-refractivity contribution in [3.63, 3.8) is 0 Å². The normalized spacial score (nSPS) is 17.9. The van der Waals surface area contributed by atoms with Crippen LogP contribution >= 0.6 is 11.6 Å².